The summed E-state index contributed by atoms with van der Waals surface area (Å²) in [4.78, 5) is 0. The summed E-state index contributed by atoms with van der Waals surface area (Å²) < 4.78 is 26.1. The van der Waals surface area contributed by atoms with Gasteiger partial charge in [-0.3, -0.25) is 0 Å². The molecule has 0 saturated carbocycles. The minimum absolute atomic E-state index is 0.138. The number of hydrogen-bond donors (Lipinski definition) is 1. The predicted molar refractivity (Wildman–Crippen MR) is 97.2 cm³/mol. The molecule has 124 valence electrons. The number of sulfonamides is 1. The summed E-state index contributed by atoms with van der Waals surface area (Å²) in [6, 6.07) is 19.5. The molecule has 4 aromatic rings. The molecule has 2 aromatic carbocycles. The zero-order valence-electron chi connectivity index (χ0n) is 13.5. The third-order valence-electron chi connectivity index (χ3n) is 3.99. The predicted octanol–water partition coefficient (Wildman–Crippen LogP) is 3.00. The van der Waals surface area contributed by atoms with Gasteiger partial charge in [-0.1, -0.05) is 36.4 Å². The van der Waals surface area contributed by atoms with Crippen LogP contribution in [-0.2, 0) is 24.1 Å². The van der Waals surface area contributed by atoms with Gasteiger partial charge in [-0.05, 0) is 29.7 Å². The van der Waals surface area contributed by atoms with Gasteiger partial charge in [-0.25, -0.2) is 13.6 Å². The molecule has 0 aliphatic heterocycles. The lowest BCUT2D eigenvalue weighted by atomic mass is 10.2. The molecule has 4 rings (SSSR count). The number of nitrogens with two attached hydrogens (primary N) is 1. The van der Waals surface area contributed by atoms with E-state index in [-0.39, 0.29) is 5.03 Å². The molecule has 0 bridgehead atoms. The second kappa shape index (κ2) is 6.14. The Balaban J connectivity index is 0.000000149. The molecule has 0 aliphatic rings. The summed E-state index contributed by atoms with van der Waals surface area (Å²) in [7, 11) is 0.108. The fourth-order valence-electron chi connectivity index (χ4n) is 2.76. The second-order valence-corrected chi connectivity index (χ2v) is 7.14. The van der Waals surface area contributed by atoms with Crippen molar-refractivity contribution in [3.8, 4) is 0 Å². The number of para-hydroxylation sites is 2. The molecule has 5 nitrogen and oxygen atoms in total. The van der Waals surface area contributed by atoms with Crippen molar-refractivity contribution in [2.75, 3.05) is 0 Å². The van der Waals surface area contributed by atoms with E-state index in [1.165, 1.54) is 10.9 Å². The molecular weight excluding hydrogens is 322 g/mol. The third-order valence-corrected chi connectivity index (χ3v) is 4.97. The topological polar surface area (TPSA) is 70.0 Å². The second-order valence-electron chi connectivity index (χ2n) is 5.63. The lowest BCUT2D eigenvalue weighted by Gasteiger charge is -2.00. The molecule has 2 heterocycles. The van der Waals surface area contributed by atoms with Crippen molar-refractivity contribution < 1.29 is 8.42 Å². The molecule has 0 fully saturated rings. The molecule has 0 atom stereocenters. The molecule has 2 aromatic heterocycles. The van der Waals surface area contributed by atoms with Crippen LogP contribution in [0.1, 0.15) is 0 Å². The lowest BCUT2D eigenvalue weighted by Crippen LogP contribution is -2.15. The van der Waals surface area contributed by atoms with Crippen molar-refractivity contribution in [3.05, 3.63) is 66.9 Å². The molecular formula is C18H19N3O2S. The van der Waals surface area contributed by atoms with Crippen LogP contribution in [0, 0.1) is 0 Å². The first-order valence-corrected chi connectivity index (χ1v) is 9.00. The van der Waals surface area contributed by atoms with Crippen LogP contribution in [0.3, 0.4) is 0 Å². The van der Waals surface area contributed by atoms with Crippen LogP contribution in [0.25, 0.3) is 21.8 Å². The van der Waals surface area contributed by atoms with Crippen molar-refractivity contribution >= 4 is 31.8 Å². The molecule has 24 heavy (non-hydrogen) atoms. The van der Waals surface area contributed by atoms with Gasteiger partial charge in [0.05, 0.1) is 0 Å². The number of hydrogen-bond acceptors (Lipinski definition) is 2. The Morgan fingerprint density at radius 1 is 0.833 bits per heavy atom. The van der Waals surface area contributed by atoms with Gasteiger partial charge in [0, 0.05) is 36.7 Å². The van der Waals surface area contributed by atoms with E-state index in [0.717, 1.165) is 10.9 Å². The number of primary sulfonamides is 1. The number of aryl methyl sites for hydroxylation is 2. The van der Waals surface area contributed by atoms with Gasteiger partial charge in [0.25, 0.3) is 10.0 Å². The first-order valence-electron chi connectivity index (χ1n) is 7.45. The maximum atomic E-state index is 11.2. The quantitative estimate of drug-likeness (QED) is 0.578. The fourth-order valence-corrected chi connectivity index (χ4v) is 3.53. The van der Waals surface area contributed by atoms with Crippen molar-refractivity contribution in [1.82, 2.24) is 9.13 Å². The number of aromatic nitrogens is 2. The van der Waals surface area contributed by atoms with E-state index in [1.807, 2.05) is 24.3 Å². The normalized spacial score (nSPS) is 11.5. The van der Waals surface area contributed by atoms with E-state index >= 15 is 0 Å². The number of nitrogens with zero attached hydrogens (tertiary/aromatic N) is 2. The summed E-state index contributed by atoms with van der Waals surface area (Å²) in [5.74, 6) is 0. The van der Waals surface area contributed by atoms with Gasteiger partial charge < -0.3 is 9.13 Å². The van der Waals surface area contributed by atoms with E-state index in [0.29, 0.717) is 0 Å². The summed E-state index contributed by atoms with van der Waals surface area (Å²) in [6.07, 6.45) is 2.07. The minimum Gasteiger partial charge on any atom is -0.351 e. The molecule has 0 amide bonds. The van der Waals surface area contributed by atoms with Crippen molar-refractivity contribution in [2.45, 2.75) is 5.03 Å². The SMILES string of the molecule is Cn1c(S(N)(=O)=O)cc2ccccc21.Cn1ccc2ccccc21. The van der Waals surface area contributed by atoms with Gasteiger partial charge in [0.1, 0.15) is 0 Å². The van der Waals surface area contributed by atoms with Gasteiger partial charge in [-0.15, -0.1) is 0 Å². The van der Waals surface area contributed by atoms with Crippen LogP contribution in [0.15, 0.2) is 71.9 Å². The van der Waals surface area contributed by atoms with Crippen LogP contribution in [0.5, 0.6) is 0 Å². The molecule has 0 spiro atoms. The van der Waals surface area contributed by atoms with Gasteiger partial charge in [0.2, 0.25) is 0 Å². The highest BCUT2D eigenvalue weighted by Gasteiger charge is 2.14. The van der Waals surface area contributed by atoms with E-state index in [9.17, 15) is 8.42 Å². The van der Waals surface area contributed by atoms with E-state index in [1.54, 1.807) is 17.7 Å². The van der Waals surface area contributed by atoms with E-state index < -0.39 is 10.0 Å². The van der Waals surface area contributed by atoms with Crippen LogP contribution in [-0.4, -0.2) is 17.6 Å². The van der Waals surface area contributed by atoms with Gasteiger partial charge >= 0.3 is 0 Å². The van der Waals surface area contributed by atoms with Crippen molar-refractivity contribution in [2.24, 2.45) is 19.2 Å². The zero-order valence-corrected chi connectivity index (χ0v) is 14.4. The molecule has 0 aliphatic carbocycles. The summed E-state index contributed by atoms with van der Waals surface area (Å²) in [5, 5.41) is 7.39. The Bertz CT molecular complexity index is 1110. The summed E-state index contributed by atoms with van der Waals surface area (Å²) >= 11 is 0. The standard InChI is InChI=1S/C9H10N2O2S.C9H9N/c1-11-8-5-3-2-4-7(8)6-9(11)14(10,12)13;1-10-7-6-8-4-2-3-5-9(8)10/h2-6H,1H3,(H2,10,12,13);2-7H,1H3. The first-order chi connectivity index (χ1) is 11.4. The Kier molecular flexibility index (Phi) is 4.17. The molecule has 0 radical (unpaired) electrons. The lowest BCUT2D eigenvalue weighted by molar-refractivity contribution is 0.589. The maximum absolute atomic E-state index is 11.2. The number of fused-ring (bicyclic) bond motifs is 2. The molecule has 0 saturated heterocycles. The Labute approximate surface area is 141 Å². The van der Waals surface area contributed by atoms with Crippen LogP contribution in [0.4, 0.5) is 0 Å². The summed E-state index contributed by atoms with van der Waals surface area (Å²) in [6.45, 7) is 0. The third kappa shape index (κ3) is 3.06. The Morgan fingerprint density at radius 2 is 1.42 bits per heavy atom. The van der Waals surface area contributed by atoms with E-state index in [4.69, 9.17) is 5.14 Å². The van der Waals surface area contributed by atoms with Crippen LogP contribution >= 0.6 is 0 Å². The number of benzene rings is 2. The smallest absolute Gasteiger partial charge is 0.253 e. The van der Waals surface area contributed by atoms with E-state index in [2.05, 4.69) is 48.1 Å². The van der Waals surface area contributed by atoms with Gasteiger partial charge in [0.15, 0.2) is 5.03 Å². The Morgan fingerprint density at radius 3 is 2.00 bits per heavy atom. The zero-order chi connectivity index (χ0) is 17.3. The summed E-state index contributed by atoms with van der Waals surface area (Å²) in [5.41, 5.74) is 2.15. The average Bonchev–Trinajstić information content (AvgIpc) is 3.10. The van der Waals surface area contributed by atoms with Crippen molar-refractivity contribution in [1.29, 1.82) is 0 Å². The van der Waals surface area contributed by atoms with Crippen LogP contribution < -0.4 is 5.14 Å². The van der Waals surface area contributed by atoms with Crippen LogP contribution in [0.2, 0.25) is 0 Å². The molecule has 0 unspecified atom stereocenters. The Hall–Kier alpha value is -2.57. The highest BCUT2D eigenvalue weighted by atomic mass is 32.2. The monoisotopic (exact) mass is 341 g/mol. The van der Waals surface area contributed by atoms with Gasteiger partial charge in [-0.2, -0.15) is 0 Å². The van der Waals surface area contributed by atoms with Crippen molar-refractivity contribution in [3.63, 3.8) is 0 Å². The average molecular weight is 341 g/mol. The first kappa shape index (κ1) is 16.3. The maximum Gasteiger partial charge on any atom is 0.253 e. The highest BCUT2D eigenvalue weighted by molar-refractivity contribution is 7.89. The fraction of sp³-hybridized carbons (Fsp3) is 0.111. The molecule has 2 N–H and O–H groups in total. The molecule has 6 heteroatoms. The highest BCUT2D eigenvalue weighted by Crippen LogP contribution is 2.20. The number of rotatable bonds is 1. The minimum atomic E-state index is -3.63. The largest absolute Gasteiger partial charge is 0.351 e.